The summed E-state index contributed by atoms with van der Waals surface area (Å²) in [6.07, 6.45) is 1.54. The van der Waals surface area contributed by atoms with Gasteiger partial charge in [0.25, 0.3) is 5.89 Å². The Morgan fingerprint density at radius 1 is 1.20 bits per heavy atom. The van der Waals surface area contributed by atoms with Crippen molar-refractivity contribution in [2.75, 3.05) is 5.73 Å². The van der Waals surface area contributed by atoms with Crippen molar-refractivity contribution in [3.05, 3.63) is 47.1 Å². The quantitative estimate of drug-likeness (QED) is 0.731. The van der Waals surface area contributed by atoms with E-state index in [1.807, 2.05) is 25.1 Å². The fraction of sp³-hybridized carbons (Fsp3) is 0.0714. The summed E-state index contributed by atoms with van der Waals surface area (Å²) < 4.78 is 5.28. The molecule has 0 radical (unpaired) electrons. The lowest BCUT2D eigenvalue weighted by Crippen LogP contribution is -1.92. The second kappa shape index (κ2) is 4.94. The van der Waals surface area contributed by atoms with Crippen LogP contribution < -0.4 is 5.73 Å². The molecule has 0 aliphatic heterocycles. The molecule has 0 saturated carbocycles. The molecule has 0 unspecified atom stereocenters. The van der Waals surface area contributed by atoms with Crippen LogP contribution in [0.4, 0.5) is 5.69 Å². The SMILES string of the molecule is Cc1c(N)cccc1-c1nc(-c2ccc(Cl)cn2)no1. The van der Waals surface area contributed by atoms with Gasteiger partial charge >= 0.3 is 0 Å². The summed E-state index contributed by atoms with van der Waals surface area (Å²) in [7, 11) is 0. The molecule has 2 heterocycles. The maximum Gasteiger partial charge on any atom is 0.258 e. The number of benzene rings is 1. The molecule has 1 aromatic carbocycles. The summed E-state index contributed by atoms with van der Waals surface area (Å²) >= 11 is 5.80. The van der Waals surface area contributed by atoms with Crippen LogP contribution in [0.15, 0.2) is 41.1 Å². The Balaban J connectivity index is 2.02. The van der Waals surface area contributed by atoms with E-state index in [9.17, 15) is 0 Å². The number of nitrogens with zero attached hydrogens (tertiary/aromatic N) is 3. The molecule has 20 heavy (non-hydrogen) atoms. The van der Waals surface area contributed by atoms with E-state index < -0.39 is 0 Å². The van der Waals surface area contributed by atoms with Crippen LogP contribution in [0.1, 0.15) is 5.56 Å². The first-order valence-electron chi connectivity index (χ1n) is 5.96. The Kier molecular flexibility index (Phi) is 3.12. The lowest BCUT2D eigenvalue weighted by molar-refractivity contribution is 0.432. The first kappa shape index (κ1) is 12.6. The summed E-state index contributed by atoms with van der Waals surface area (Å²) in [5.41, 5.74) is 8.89. The Morgan fingerprint density at radius 3 is 2.80 bits per heavy atom. The van der Waals surface area contributed by atoms with Gasteiger partial charge in [-0.25, -0.2) is 0 Å². The van der Waals surface area contributed by atoms with Crippen LogP contribution in [-0.4, -0.2) is 15.1 Å². The second-order valence-corrected chi connectivity index (χ2v) is 4.74. The minimum atomic E-state index is 0.415. The number of aromatic nitrogens is 3. The topological polar surface area (TPSA) is 77.8 Å². The molecule has 2 N–H and O–H groups in total. The third-order valence-corrected chi connectivity index (χ3v) is 3.21. The van der Waals surface area contributed by atoms with E-state index in [1.54, 1.807) is 18.3 Å². The van der Waals surface area contributed by atoms with Crippen LogP contribution in [0, 0.1) is 6.92 Å². The number of nitrogens with two attached hydrogens (primary N) is 1. The number of rotatable bonds is 2. The van der Waals surface area contributed by atoms with Crippen molar-refractivity contribution >= 4 is 17.3 Å². The summed E-state index contributed by atoms with van der Waals surface area (Å²) in [5.74, 6) is 0.833. The van der Waals surface area contributed by atoms with Crippen LogP contribution in [0.25, 0.3) is 23.0 Å². The van der Waals surface area contributed by atoms with Crippen LogP contribution >= 0.6 is 11.6 Å². The maximum atomic E-state index is 5.88. The molecule has 3 aromatic rings. The number of halogens is 1. The van der Waals surface area contributed by atoms with Crippen molar-refractivity contribution in [2.24, 2.45) is 0 Å². The highest BCUT2D eigenvalue weighted by atomic mass is 35.5. The zero-order chi connectivity index (χ0) is 14.1. The normalized spacial score (nSPS) is 10.7. The van der Waals surface area contributed by atoms with E-state index in [0.717, 1.165) is 11.1 Å². The summed E-state index contributed by atoms with van der Waals surface area (Å²) in [4.78, 5) is 8.50. The molecule has 0 aliphatic carbocycles. The first-order valence-corrected chi connectivity index (χ1v) is 6.34. The summed E-state index contributed by atoms with van der Waals surface area (Å²) in [5, 5.41) is 4.49. The molecule has 6 heteroatoms. The monoisotopic (exact) mass is 286 g/mol. The van der Waals surface area contributed by atoms with Gasteiger partial charge < -0.3 is 10.3 Å². The largest absolute Gasteiger partial charge is 0.398 e. The lowest BCUT2D eigenvalue weighted by Gasteiger charge is -2.02. The third-order valence-electron chi connectivity index (χ3n) is 2.99. The van der Waals surface area contributed by atoms with E-state index in [0.29, 0.717) is 28.1 Å². The average Bonchev–Trinajstić information content (AvgIpc) is 2.92. The van der Waals surface area contributed by atoms with Crippen LogP contribution in [0.3, 0.4) is 0 Å². The van der Waals surface area contributed by atoms with E-state index in [1.165, 1.54) is 0 Å². The molecule has 0 spiro atoms. The van der Waals surface area contributed by atoms with E-state index >= 15 is 0 Å². The lowest BCUT2D eigenvalue weighted by atomic mass is 10.1. The fourth-order valence-corrected chi connectivity index (χ4v) is 1.94. The highest BCUT2D eigenvalue weighted by Crippen LogP contribution is 2.27. The molecule has 0 atom stereocenters. The molecule has 0 aliphatic rings. The highest BCUT2D eigenvalue weighted by molar-refractivity contribution is 6.30. The van der Waals surface area contributed by atoms with Gasteiger partial charge in [-0.15, -0.1) is 0 Å². The maximum absolute atomic E-state index is 5.88. The molecular weight excluding hydrogens is 276 g/mol. The molecular formula is C14H11ClN4O. The predicted octanol–water partition coefficient (Wildman–Crippen LogP) is 3.34. The zero-order valence-corrected chi connectivity index (χ0v) is 11.4. The van der Waals surface area contributed by atoms with Gasteiger partial charge in [0, 0.05) is 17.4 Å². The van der Waals surface area contributed by atoms with Crippen molar-refractivity contribution in [1.29, 1.82) is 0 Å². The standard InChI is InChI=1S/C14H11ClN4O/c1-8-10(3-2-4-11(8)16)14-18-13(19-20-14)12-6-5-9(15)7-17-12/h2-7H,16H2,1H3. The van der Waals surface area contributed by atoms with Crippen molar-refractivity contribution in [3.8, 4) is 23.0 Å². The highest BCUT2D eigenvalue weighted by Gasteiger charge is 2.14. The van der Waals surface area contributed by atoms with Crippen LogP contribution in [-0.2, 0) is 0 Å². The van der Waals surface area contributed by atoms with Crippen molar-refractivity contribution < 1.29 is 4.52 Å². The Morgan fingerprint density at radius 2 is 2.05 bits per heavy atom. The zero-order valence-electron chi connectivity index (χ0n) is 10.7. The molecule has 0 fully saturated rings. The molecule has 0 amide bonds. The molecule has 5 nitrogen and oxygen atoms in total. The number of nitrogen functional groups attached to an aromatic ring is 1. The van der Waals surface area contributed by atoms with Gasteiger partial charge in [0.1, 0.15) is 5.69 Å². The van der Waals surface area contributed by atoms with Gasteiger partial charge in [0.2, 0.25) is 5.82 Å². The minimum absolute atomic E-state index is 0.415. The van der Waals surface area contributed by atoms with E-state index in [4.69, 9.17) is 21.9 Å². The van der Waals surface area contributed by atoms with Crippen molar-refractivity contribution in [1.82, 2.24) is 15.1 Å². The van der Waals surface area contributed by atoms with Gasteiger partial charge in [0.15, 0.2) is 0 Å². The van der Waals surface area contributed by atoms with Gasteiger partial charge in [-0.1, -0.05) is 22.8 Å². The number of hydrogen-bond acceptors (Lipinski definition) is 5. The number of hydrogen-bond donors (Lipinski definition) is 1. The van der Waals surface area contributed by atoms with Crippen LogP contribution in [0.2, 0.25) is 5.02 Å². The van der Waals surface area contributed by atoms with Crippen molar-refractivity contribution in [2.45, 2.75) is 6.92 Å². The summed E-state index contributed by atoms with van der Waals surface area (Å²) in [6.45, 7) is 1.91. The van der Waals surface area contributed by atoms with Gasteiger partial charge in [-0.05, 0) is 36.8 Å². The molecule has 0 saturated heterocycles. The van der Waals surface area contributed by atoms with Gasteiger partial charge in [0.05, 0.1) is 5.02 Å². The van der Waals surface area contributed by atoms with E-state index in [2.05, 4.69) is 15.1 Å². The predicted molar refractivity (Wildman–Crippen MR) is 77.1 cm³/mol. The van der Waals surface area contributed by atoms with Gasteiger partial charge in [-0.3, -0.25) is 4.98 Å². The Labute approximate surface area is 120 Å². The third kappa shape index (κ3) is 2.23. The smallest absolute Gasteiger partial charge is 0.258 e. The van der Waals surface area contributed by atoms with E-state index in [-0.39, 0.29) is 0 Å². The fourth-order valence-electron chi connectivity index (χ4n) is 1.83. The molecule has 3 rings (SSSR count). The Bertz CT molecular complexity index is 752. The summed E-state index contributed by atoms with van der Waals surface area (Å²) in [6, 6.07) is 9.03. The Hall–Kier alpha value is -2.40. The average molecular weight is 287 g/mol. The second-order valence-electron chi connectivity index (χ2n) is 4.30. The van der Waals surface area contributed by atoms with Gasteiger partial charge in [-0.2, -0.15) is 4.98 Å². The first-order chi connectivity index (χ1) is 9.65. The molecule has 0 bridgehead atoms. The molecule has 100 valence electrons. The van der Waals surface area contributed by atoms with Crippen LogP contribution in [0.5, 0.6) is 0 Å². The van der Waals surface area contributed by atoms with Crippen molar-refractivity contribution in [3.63, 3.8) is 0 Å². The molecule has 2 aromatic heterocycles. The number of anilines is 1. The number of pyridine rings is 1. The minimum Gasteiger partial charge on any atom is -0.398 e.